The van der Waals surface area contributed by atoms with Crippen molar-refractivity contribution in [2.24, 2.45) is 0 Å². The molecule has 0 saturated heterocycles. The predicted octanol–water partition coefficient (Wildman–Crippen LogP) is 1.93. The maximum Gasteiger partial charge on any atom is 0.338 e. The van der Waals surface area contributed by atoms with E-state index in [0.717, 1.165) is 11.1 Å². The van der Waals surface area contributed by atoms with Crippen LogP contribution in [0.2, 0.25) is 0 Å². The smallest absolute Gasteiger partial charge is 0.338 e. The van der Waals surface area contributed by atoms with Gasteiger partial charge >= 0.3 is 5.97 Å². The number of hydrogen-bond donors (Lipinski definition) is 0. The standard InChI is InChI=1S/C13H16O4S/c1-4-9-5-10-8(2)7-18(15,16)12(10)6-11(9)13(14)17-3/h5-6,8H,4,7H2,1-3H3. The summed E-state index contributed by atoms with van der Waals surface area (Å²) in [7, 11) is -1.95. The van der Waals surface area contributed by atoms with Crippen LogP contribution in [0.3, 0.4) is 0 Å². The van der Waals surface area contributed by atoms with Gasteiger partial charge in [-0.1, -0.05) is 19.9 Å². The van der Waals surface area contributed by atoms with Gasteiger partial charge in [0.25, 0.3) is 0 Å². The van der Waals surface area contributed by atoms with Crippen molar-refractivity contribution in [2.45, 2.75) is 31.1 Å². The van der Waals surface area contributed by atoms with Crippen LogP contribution in [0.5, 0.6) is 0 Å². The minimum Gasteiger partial charge on any atom is -0.465 e. The first-order valence-electron chi connectivity index (χ1n) is 5.88. The summed E-state index contributed by atoms with van der Waals surface area (Å²) in [6.07, 6.45) is 0.671. The Kier molecular flexibility index (Phi) is 3.19. The number of sulfone groups is 1. The minimum atomic E-state index is -3.25. The van der Waals surface area contributed by atoms with E-state index in [1.165, 1.54) is 13.2 Å². The molecule has 18 heavy (non-hydrogen) atoms. The Morgan fingerprint density at radius 2 is 2.11 bits per heavy atom. The molecule has 0 radical (unpaired) electrons. The molecule has 0 bridgehead atoms. The Morgan fingerprint density at radius 3 is 2.67 bits per heavy atom. The second-order valence-corrected chi connectivity index (χ2v) is 6.58. The Hall–Kier alpha value is -1.36. The molecule has 2 rings (SSSR count). The van der Waals surface area contributed by atoms with Gasteiger partial charge in [-0.15, -0.1) is 0 Å². The fourth-order valence-electron chi connectivity index (χ4n) is 2.40. The number of rotatable bonds is 2. The van der Waals surface area contributed by atoms with Crippen LogP contribution in [-0.4, -0.2) is 27.2 Å². The highest BCUT2D eigenvalue weighted by Crippen LogP contribution is 2.36. The average molecular weight is 268 g/mol. The molecule has 0 spiro atoms. The second kappa shape index (κ2) is 4.39. The number of carbonyl (C=O) groups is 1. The zero-order valence-corrected chi connectivity index (χ0v) is 11.5. The van der Waals surface area contributed by atoms with Gasteiger partial charge in [-0.25, -0.2) is 13.2 Å². The highest BCUT2D eigenvalue weighted by molar-refractivity contribution is 7.91. The van der Waals surface area contributed by atoms with Crippen LogP contribution in [0.15, 0.2) is 17.0 Å². The van der Waals surface area contributed by atoms with E-state index in [9.17, 15) is 13.2 Å². The molecule has 1 aliphatic rings. The van der Waals surface area contributed by atoms with E-state index in [4.69, 9.17) is 4.74 Å². The molecular weight excluding hydrogens is 252 g/mol. The van der Waals surface area contributed by atoms with Gasteiger partial charge in [0.2, 0.25) is 0 Å². The van der Waals surface area contributed by atoms with Gasteiger partial charge in [0.15, 0.2) is 9.84 Å². The first-order valence-corrected chi connectivity index (χ1v) is 7.53. The predicted molar refractivity (Wildman–Crippen MR) is 67.6 cm³/mol. The van der Waals surface area contributed by atoms with Crippen LogP contribution in [0, 0.1) is 0 Å². The molecule has 1 aliphatic heterocycles. The maximum absolute atomic E-state index is 12.0. The van der Waals surface area contributed by atoms with Crippen molar-refractivity contribution in [1.29, 1.82) is 0 Å². The molecule has 0 fully saturated rings. The molecule has 1 aromatic rings. The van der Waals surface area contributed by atoms with E-state index in [0.29, 0.717) is 12.0 Å². The number of methoxy groups -OCH3 is 1. The van der Waals surface area contributed by atoms with Crippen molar-refractivity contribution in [2.75, 3.05) is 12.9 Å². The van der Waals surface area contributed by atoms with Crippen LogP contribution in [0.1, 0.15) is 41.3 Å². The number of fused-ring (bicyclic) bond motifs is 1. The number of aryl methyl sites for hydroxylation is 1. The van der Waals surface area contributed by atoms with Crippen LogP contribution >= 0.6 is 0 Å². The summed E-state index contributed by atoms with van der Waals surface area (Å²) in [5.41, 5.74) is 2.01. The summed E-state index contributed by atoms with van der Waals surface area (Å²) in [5.74, 6) is -0.373. The average Bonchev–Trinajstić information content (AvgIpc) is 2.57. The topological polar surface area (TPSA) is 60.4 Å². The summed E-state index contributed by atoms with van der Waals surface area (Å²) in [5, 5.41) is 0. The third-order valence-corrected chi connectivity index (χ3v) is 5.32. The summed E-state index contributed by atoms with van der Waals surface area (Å²) in [6, 6.07) is 3.30. The molecule has 0 saturated carbocycles. The summed E-state index contributed by atoms with van der Waals surface area (Å²) >= 11 is 0. The SMILES string of the molecule is CCc1cc2c(cc1C(=O)OC)S(=O)(=O)CC2C. The molecule has 1 heterocycles. The molecule has 1 unspecified atom stereocenters. The van der Waals surface area contributed by atoms with Gasteiger partial charge in [0.05, 0.1) is 23.3 Å². The third kappa shape index (κ3) is 1.92. The van der Waals surface area contributed by atoms with Crippen molar-refractivity contribution in [3.8, 4) is 0 Å². The normalized spacial score (nSPS) is 20.5. The lowest BCUT2D eigenvalue weighted by molar-refractivity contribution is 0.0599. The van der Waals surface area contributed by atoms with Crippen LogP contribution in [0.4, 0.5) is 0 Å². The highest BCUT2D eigenvalue weighted by Gasteiger charge is 2.33. The van der Waals surface area contributed by atoms with Gasteiger partial charge in [0.1, 0.15) is 0 Å². The van der Waals surface area contributed by atoms with Crippen LogP contribution in [-0.2, 0) is 21.0 Å². The van der Waals surface area contributed by atoms with Crippen LogP contribution < -0.4 is 0 Å². The molecule has 5 heteroatoms. The monoisotopic (exact) mass is 268 g/mol. The molecule has 1 atom stereocenters. The first kappa shape index (κ1) is 13.1. The maximum atomic E-state index is 12.0. The summed E-state index contributed by atoms with van der Waals surface area (Å²) < 4.78 is 28.6. The van der Waals surface area contributed by atoms with E-state index in [1.54, 1.807) is 0 Å². The Labute approximate surface area is 107 Å². The number of benzene rings is 1. The van der Waals surface area contributed by atoms with Gasteiger partial charge < -0.3 is 4.74 Å². The number of esters is 1. The van der Waals surface area contributed by atoms with Crippen molar-refractivity contribution in [1.82, 2.24) is 0 Å². The lowest BCUT2D eigenvalue weighted by Crippen LogP contribution is -2.08. The zero-order valence-electron chi connectivity index (χ0n) is 10.7. The van der Waals surface area contributed by atoms with Gasteiger partial charge in [-0.05, 0) is 29.5 Å². The van der Waals surface area contributed by atoms with E-state index < -0.39 is 15.8 Å². The fourth-order valence-corrected chi connectivity index (χ4v) is 4.33. The van der Waals surface area contributed by atoms with Gasteiger partial charge in [-0.3, -0.25) is 0 Å². The van der Waals surface area contributed by atoms with E-state index in [1.807, 2.05) is 19.9 Å². The molecular formula is C13H16O4S. The fraction of sp³-hybridized carbons (Fsp3) is 0.462. The van der Waals surface area contributed by atoms with E-state index in [2.05, 4.69) is 0 Å². The van der Waals surface area contributed by atoms with Crippen molar-refractivity contribution in [3.63, 3.8) is 0 Å². The van der Waals surface area contributed by atoms with E-state index in [-0.39, 0.29) is 16.6 Å². The van der Waals surface area contributed by atoms with Crippen molar-refractivity contribution < 1.29 is 17.9 Å². The Balaban J connectivity index is 2.70. The molecule has 4 nitrogen and oxygen atoms in total. The number of ether oxygens (including phenoxy) is 1. The minimum absolute atomic E-state index is 0.0120. The molecule has 0 aliphatic carbocycles. The summed E-state index contributed by atoms with van der Waals surface area (Å²) in [4.78, 5) is 12.0. The number of hydrogen-bond acceptors (Lipinski definition) is 4. The Morgan fingerprint density at radius 1 is 1.44 bits per heavy atom. The quantitative estimate of drug-likeness (QED) is 0.769. The molecule has 1 aromatic carbocycles. The highest BCUT2D eigenvalue weighted by atomic mass is 32.2. The van der Waals surface area contributed by atoms with Gasteiger partial charge in [0, 0.05) is 0 Å². The second-order valence-electron chi connectivity index (χ2n) is 4.57. The third-order valence-electron chi connectivity index (χ3n) is 3.36. The largest absolute Gasteiger partial charge is 0.465 e. The lowest BCUT2D eigenvalue weighted by atomic mass is 9.96. The molecule has 0 amide bonds. The molecule has 0 N–H and O–H groups in total. The van der Waals surface area contributed by atoms with Crippen molar-refractivity contribution in [3.05, 3.63) is 28.8 Å². The molecule has 0 aromatic heterocycles. The van der Waals surface area contributed by atoms with Gasteiger partial charge in [-0.2, -0.15) is 0 Å². The first-order chi connectivity index (χ1) is 8.40. The van der Waals surface area contributed by atoms with Crippen LogP contribution in [0.25, 0.3) is 0 Å². The zero-order chi connectivity index (χ0) is 13.5. The Bertz CT molecular complexity index is 602. The number of carbonyl (C=O) groups excluding carboxylic acids is 1. The van der Waals surface area contributed by atoms with E-state index >= 15 is 0 Å². The lowest BCUT2D eigenvalue weighted by Gasteiger charge is -2.10. The summed E-state index contributed by atoms with van der Waals surface area (Å²) in [6.45, 7) is 3.82. The molecule has 98 valence electrons. The van der Waals surface area contributed by atoms with Crippen molar-refractivity contribution >= 4 is 15.8 Å².